The Hall–Kier alpha value is -1.22. The van der Waals surface area contributed by atoms with Crippen LogP contribution >= 0.6 is 15.9 Å². The number of amides is 1. The highest BCUT2D eigenvalue weighted by Gasteiger charge is 2.49. The van der Waals surface area contributed by atoms with Gasteiger partial charge in [-0.25, -0.2) is 9.37 Å². The minimum Gasteiger partial charge on any atom is -0.391 e. The number of aliphatic hydroxyl groups excluding tert-OH is 1. The third-order valence-corrected chi connectivity index (χ3v) is 3.87. The summed E-state index contributed by atoms with van der Waals surface area (Å²) in [4.78, 5) is 15.8. The molecule has 4 nitrogen and oxygen atoms in total. The van der Waals surface area contributed by atoms with Crippen LogP contribution in [-0.4, -0.2) is 51.9 Å². The summed E-state index contributed by atoms with van der Waals surface area (Å²) < 4.78 is 51.5. The molecular formula is C13H13BrF4N2O2. The highest BCUT2D eigenvalue weighted by atomic mass is 79.9. The molecule has 1 N–H and O–H groups in total. The Morgan fingerprint density at radius 2 is 2.18 bits per heavy atom. The maximum Gasteiger partial charge on any atom is 0.471 e. The van der Waals surface area contributed by atoms with Crippen LogP contribution in [-0.2, 0) is 11.2 Å². The zero-order chi connectivity index (χ0) is 16.5. The number of carbonyl (C=O) groups is 1. The molecule has 2 rings (SSSR count). The second kappa shape index (κ2) is 6.49. The minimum absolute atomic E-state index is 0.0710. The third kappa shape index (κ3) is 3.95. The molecule has 1 amide bonds. The second-order valence-electron chi connectivity index (χ2n) is 5.08. The topological polar surface area (TPSA) is 53.4 Å². The van der Waals surface area contributed by atoms with E-state index in [1.807, 2.05) is 0 Å². The van der Waals surface area contributed by atoms with Gasteiger partial charge in [0.05, 0.1) is 18.7 Å². The van der Waals surface area contributed by atoms with Crippen LogP contribution in [0, 0.1) is 0 Å². The third-order valence-electron chi connectivity index (χ3n) is 3.43. The number of aliphatic hydroxyl groups is 1. The number of halogens is 5. The number of aromatic nitrogens is 1. The van der Waals surface area contributed by atoms with Crippen molar-refractivity contribution >= 4 is 21.8 Å². The lowest BCUT2D eigenvalue weighted by molar-refractivity contribution is -0.188. The van der Waals surface area contributed by atoms with E-state index in [0.29, 0.717) is 15.2 Å². The fraction of sp³-hybridized carbons (Fsp3) is 0.538. The summed E-state index contributed by atoms with van der Waals surface area (Å²) in [6.45, 7) is -0.661. The summed E-state index contributed by atoms with van der Waals surface area (Å²) in [5.74, 6) is -2.13. The quantitative estimate of drug-likeness (QED) is 0.642. The molecule has 2 heterocycles. The lowest BCUT2D eigenvalue weighted by Crippen LogP contribution is -2.48. The van der Waals surface area contributed by atoms with Gasteiger partial charge in [0.15, 0.2) is 0 Å². The van der Waals surface area contributed by atoms with Gasteiger partial charge in [-0.1, -0.05) is 6.07 Å². The van der Waals surface area contributed by atoms with Gasteiger partial charge in [0.2, 0.25) is 0 Å². The van der Waals surface area contributed by atoms with Crippen molar-refractivity contribution in [2.24, 2.45) is 0 Å². The molecule has 9 heteroatoms. The summed E-state index contributed by atoms with van der Waals surface area (Å²) in [5, 5.41) is 10.1. The molecule has 1 aliphatic heterocycles. The van der Waals surface area contributed by atoms with Crippen LogP contribution in [0.5, 0.6) is 0 Å². The van der Waals surface area contributed by atoms with Crippen molar-refractivity contribution in [1.29, 1.82) is 0 Å². The average molecular weight is 385 g/mol. The fourth-order valence-corrected chi connectivity index (χ4v) is 2.87. The summed E-state index contributed by atoms with van der Waals surface area (Å²) in [6, 6.07) is 3.68. The Morgan fingerprint density at radius 3 is 2.77 bits per heavy atom. The Kier molecular flexibility index (Phi) is 5.06. The first-order valence-electron chi connectivity index (χ1n) is 6.50. The number of rotatable bonds is 3. The zero-order valence-electron chi connectivity index (χ0n) is 11.2. The van der Waals surface area contributed by atoms with Crippen LogP contribution in [0.2, 0.25) is 0 Å². The van der Waals surface area contributed by atoms with Crippen LogP contribution < -0.4 is 0 Å². The SMILES string of the molecule is O=C(N1C[C@H](F)C[C@H]1C(O)Cc1cccc(Br)n1)C(F)(F)F. The van der Waals surface area contributed by atoms with Crippen LogP contribution in [0.4, 0.5) is 17.6 Å². The van der Waals surface area contributed by atoms with E-state index in [4.69, 9.17) is 0 Å². The maximum absolute atomic E-state index is 13.4. The van der Waals surface area contributed by atoms with Gasteiger partial charge in [0.25, 0.3) is 0 Å². The van der Waals surface area contributed by atoms with Gasteiger partial charge in [-0.2, -0.15) is 13.2 Å². The highest BCUT2D eigenvalue weighted by molar-refractivity contribution is 9.10. The second-order valence-corrected chi connectivity index (χ2v) is 5.89. The predicted octanol–water partition coefficient (Wildman–Crippen LogP) is 2.25. The predicted molar refractivity (Wildman–Crippen MR) is 72.7 cm³/mol. The molecule has 1 saturated heterocycles. The van der Waals surface area contributed by atoms with Crippen LogP contribution in [0.3, 0.4) is 0 Å². The number of alkyl halides is 4. The van der Waals surface area contributed by atoms with E-state index < -0.39 is 36.9 Å². The van der Waals surface area contributed by atoms with E-state index in [9.17, 15) is 27.5 Å². The molecule has 0 saturated carbocycles. The number of hydrogen-bond donors (Lipinski definition) is 1. The van der Waals surface area contributed by atoms with Gasteiger partial charge >= 0.3 is 12.1 Å². The summed E-state index contributed by atoms with van der Waals surface area (Å²) in [7, 11) is 0. The Labute approximate surface area is 132 Å². The van der Waals surface area contributed by atoms with Crippen molar-refractivity contribution in [3.05, 3.63) is 28.5 Å². The number of likely N-dealkylation sites (tertiary alicyclic amines) is 1. The van der Waals surface area contributed by atoms with Crippen molar-refractivity contribution in [3.8, 4) is 0 Å². The lowest BCUT2D eigenvalue weighted by atomic mass is 10.0. The first-order chi connectivity index (χ1) is 10.2. The molecule has 3 atom stereocenters. The number of nitrogens with zero attached hydrogens (tertiary/aromatic N) is 2. The zero-order valence-corrected chi connectivity index (χ0v) is 12.8. The Bertz CT molecular complexity index is 555. The Balaban J connectivity index is 2.12. The molecule has 0 aromatic carbocycles. The first kappa shape index (κ1) is 17.1. The number of pyridine rings is 1. The highest BCUT2D eigenvalue weighted by Crippen LogP contribution is 2.29. The molecule has 0 aliphatic carbocycles. The monoisotopic (exact) mass is 384 g/mol. The minimum atomic E-state index is -5.09. The molecule has 22 heavy (non-hydrogen) atoms. The van der Waals surface area contributed by atoms with Gasteiger partial charge in [-0.3, -0.25) is 4.79 Å². The van der Waals surface area contributed by atoms with Gasteiger partial charge in [0.1, 0.15) is 10.8 Å². The normalized spacial score (nSPS) is 23.6. The standard InChI is InChI=1S/C13H13BrF4N2O2/c14-11-3-1-2-8(19-11)5-10(21)9-4-7(15)6-20(9)12(22)13(16,17)18/h1-3,7,9-10,21H,4-6H2/t7-,9+,10?/m1/s1. The smallest absolute Gasteiger partial charge is 0.391 e. The van der Waals surface area contributed by atoms with E-state index in [1.165, 1.54) is 0 Å². The average Bonchev–Trinajstić information content (AvgIpc) is 2.78. The molecule has 1 aromatic rings. The molecule has 122 valence electrons. The van der Waals surface area contributed by atoms with E-state index in [1.54, 1.807) is 18.2 Å². The van der Waals surface area contributed by atoms with E-state index in [2.05, 4.69) is 20.9 Å². The van der Waals surface area contributed by atoms with Crippen LogP contribution in [0.15, 0.2) is 22.8 Å². The van der Waals surface area contributed by atoms with Gasteiger partial charge in [-0.05, 0) is 28.1 Å². The molecule has 0 radical (unpaired) electrons. The molecule has 1 aliphatic rings. The fourth-order valence-electron chi connectivity index (χ4n) is 2.49. The van der Waals surface area contributed by atoms with Crippen LogP contribution in [0.1, 0.15) is 12.1 Å². The molecule has 1 fully saturated rings. The van der Waals surface area contributed by atoms with Crippen molar-refractivity contribution in [2.75, 3.05) is 6.54 Å². The van der Waals surface area contributed by atoms with Crippen molar-refractivity contribution in [2.45, 2.75) is 37.3 Å². The largest absolute Gasteiger partial charge is 0.471 e. The maximum atomic E-state index is 13.4. The number of carbonyl (C=O) groups excluding carboxylic acids is 1. The summed E-state index contributed by atoms with van der Waals surface area (Å²) in [6.07, 6.45) is -8.39. The first-order valence-corrected chi connectivity index (χ1v) is 7.29. The molecule has 0 bridgehead atoms. The van der Waals surface area contributed by atoms with E-state index in [0.717, 1.165) is 0 Å². The molecule has 1 aromatic heterocycles. The van der Waals surface area contributed by atoms with Crippen molar-refractivity contribution in [3.63, 3.8) is 0 Å². The molecule has 0 spiro atoms. The van der Waals surface area contributed by atoms with Crippen molar-refractivity contribution < 1.29 is 27.5 Å². The molecule has 1 unspecified atom stereocenters. The van der Waals surface area contributed by atoms with Crippen LogP contribution in [0.25, 0.3) is 0 Å². The Morgan fingerprint density at radius 1 is 1.50 bits per heavy atom. The molecular weight excluding hydrogens is 372 g/mol. The van der Waals surface area contributed by atoms with E-state index >= 15 is 0 Å². The van der Waals surface area contributed by atoms with E-state index in [-0.39, 0.29) is 12.8 Å². The van der Waals surface area contributed by atoms with Crippen molar-refractivity contribution in [1.82, 2.24) is 9.88 Å². The summed E-state index contributed by atoms with van der Waals surface area (Å²) >= 11 is 3.14. The van der Waals surface area contributed by atoms with Gasteiger partial charge in [-0.15, -0.1) is 0 Å². The lowest BCUT2D eigenvalue weighted by Gasteiger charge is -2.28. The number of hydrogen-bond acceptors (Lipinski definition) is 3. The summed E-state index contributed by atoms with van der Waals surface area (Å²) in [5.41, 5.74) is 0.434. The van der Waals surface area contributed by atoms with Gasteiger partial charge in [0, 0.05) is 18.5 Å². The van der Waals surface area contributed by atoms with Gasteiger partial charge < -0.3 is 10.0 Å².